The Hall–Kier alpha value is -1.05. The minimum atomic E-state index is -0.0262. The van der Waals surface area contributed by atoms with Crippen molar-refractivity contribution in [3.05, 3.63) is 24.5 Å². The highest BCUT2D eigenvalue weighted by atomic mass is 16.5. The summed E-state index contributed by atoms with van der Waals surface area (Å²) in [5.74, 6) is 1.10. The molecule has 0 aliphatic heterocycles. The summed E-state index contributed by atoms with van der Waals surface area (Å²) in [6.07, 6.45) is 7.29. The molecule has 17 heavy (non-hydrogen) atoms. The average Bonchev–Trinajstić information content (AvgIpc) is 2.23. The Morgan fingerprint density at radius 2 is 2.29 bits per heavy atom. The van der Waals surface area contributed by atoms with Crippen LogP contribution in [0, 0.1) is 11.3 Å². The topological polar surface area (TPSA) is 26.3 Å². The summed E-state index contributed by atoms with van der Waals surface area (Å²) >= 11 is 0. The second-order valence-electron chi connectivity index (χ2n) is 5.46. The molecule has 0 radical (unpaired) electrons. The molecular weight excluding hydrogens is 212 g/mol. The maximum Gasteiger partial charge on any atom is 0.162 e. The van der Waals surface area contributed by atoms with Crippen molar-refractivity contribution < 1.29 is 9.53 Å². The third-order valence-electron chi connectivity index (χ3n) is 3.41. The zero-order chi connectivity index (χ0) is 12.9. The van der Waals surface area contributed by atoms with Crippen LogP contribution in [0.5, 0.6) is 0 Å². The number of ketones is 1. The first-order valence-electron chi connectivity index (χ1n) is 6.49. The van der Waals surface area contributed by atoms with Gasteiger partial charge in [-0.3, -0.25) is 4.79 Å². The molecule has 1 rings (SSSR count). The highest BCUT2D eigenvalue weighted by Gasteiger charge is 2.38. The van der Waals surface area contributed by atoms with Gasteiger partial charge >= 0.3 is 0 Å². The van der Waals surface area contributed by atoms with Gasteiger partial charge in [-0.15, -0.1) is 6.58 Å². The zero-order valence-corrected chi connectivity index (χ0v) is 11.3. The molecule has 2 nitrogen and oxygen atoms in total. The molecule has 0 aromatic rings. The first kappa shape index (κ1) is 14.0. The van der Waals surface area contributed by atoms with E-state index in [4.69, 9.17) is 4.74 Å². The lowest BCUT2D eigenvalue weighted by molar-refractivity contribution is -0.123. The Morgan fingerprint density at radius 1 is 1.59 bits per heavy atom. The lowest BCUT2D eigenvalue weighted by atomic mass is 9.69. The van der Waals surface area contributed by atoms with E-state index >= 15 is 0 Å². The molecular formula is C15H24O2. The molecule has 0 saturated heterocycles. The predicted molar refractivity (Wildman–Crippen MR) is 70.7 cm³/mol. The Kier molecular flexibility index (Phi) is 4.98. The van der Waals surface area contributed by atoms with E-state index < -0.39 is 0 Å². The molecule has 1 aliphatic rings. The number of unbranched alkanes of at least 4 members (excludes halogenated alkanes) is 1. The normalized spacial score (nSPS) is 23.1. The van der Waals surface area contributed by atoms with E-state index in [9.17, 15) is 4.79 Å². The maximum atomic E-state index is 12.0. The van der Waals surface area contributed by atoms with Gasteiger partial charge in [0, 0.05) is 18.4 Å². The molecule has 0 N–H and O–H groups in total. The van der Waals surface area contributed by atoms with Crippen LogP contribution in [-0.4, -0.2) is 12.4 Å². The predicted octanol–water partition coefficient (Wildman–Crippen LogP) is 3.88. The van der Waals surface area contributed by atoms with Crippen LogP contribution in [-0.2, 0) is 9.53 Å². The third-order valence-corrected chi connectivity index (χ3v) is 3.41. The van der Waals surface area contributed by atoms with Crippen LogP contribution in [0.3, 0.4) is 0 Å². The van der Waals surface area contributed by atoms with Crippen LogP contribution in [0.2, 0.25) is 0 Å². The smallest absolute Gasteiger partial charge is 0.162 e. The molecule has 0 aromatic heterocycles. The molecule has 0 spiro atoms. The van der Waals surface area contributed by atoms with Gasteiger partial charge in [0.2, 0.25) is 0 Å². The first-order valence-corrected chi connectivity index (χ1v) is 6.49. The van der Waals surface area contributed by atoms with Gasteiger partial charge in [-0.2, -0.15) is 0 Å². The van der Waals surface area contributed by atoms with Gasteiger partial charge < -0.3 is 4.74 Å². The average molecular weight is 236 g/mol. The lowest BCUT2D eigenvalue weighted by Crippen LogP contribution is -2.34. The molecule has 0 amide bonds. The number of carbonyl (C=O) groups excluding carboxylic acids is 1. The summed E-state index contributed by atoms with van der Waals surface area (Å²) in [6, 6.07) is 0. The minimum Gasteiger partial charge on any atom is -0.498 e. The lowest BCUT2D eigenvalue weighted by Gasteiger charge is -2.36. The Bertz CT molecular complexity index is 313. The SMILES string of the molecule is C=CCC1C(=O)C=C(OCCCC)CC1(C)C. The molecule has 0 fully saturated rings. The van der Waals surface area contributed by atoms with Crippen molar-refractivity contribution in [2.75, 3.05) is 6.61 Å². The van der Waals surface area contributed by atoms with Crippen LogP contribution in [0.4, 0.5) is 0 Å². The van der Waals surface area contributed by atoms with Crippen molar-refractivity contribution >= 4 is 5.78 Å². The fraction of sp³-hybridized carbons (Fsp3) is 0.667. The largest absolute Gasteiger partial charge is 0.498 e. The van der Waals surface area contributed by atoms with Crippen LogP contribution in [0.1, 0.15) is 46.5 Å². The molecule has 1 atom stereocenters. The van der Waals surface area contributed by atoms with Crippen molar-refractivity contribution in [2.45, 2.75) is 46.5 Å². The van der Waals surface area contributed by atoms with Crippen molar-refractivity contribution in [1.82, 2.24) is 0 Å². The van der Waals surface area contributed by atoms with E-state index in [1.807, 2.05) is 6.08 Å². The number of hydrogen-bond acceptors (Lipinski definition) is 2. The standard InChI is InChI=1S/C15H24O2/c1-5-7-9-17-12-10-14(16)13(8-6-2)15(3,4)11-12/h6,10,13H,2,5,7-9,11H2,1,3-4H3. The maximum absolute atomic E-state index is 12.0. The number of ether oxygens (including phenoxy) is 1. The van der Waals surface area contributed by atoms with Gasteiger partial charge in [-0.1, -0.05) is 33.3 Å². The molecule has 1 unspecified atom stereocenters. The molecule has 96 valence electrons. The van der Waals surface area contributed by atoms with Crippen LogP contribution < -0.4 is 0 Å². The van der Waals surface area contributed by atoms with E-state index in [-0.39, 0.29) is 17.1 Å². The number of hydrogen-bond donors (Lipinski definition) is 0. The molecule has 0 heterocycles. The van der Waals surface area contributed by atoms with Gasteiger partial charge in [-0.05, 0) is 18.3 Å². The summed E-state index contributed by atoms with van der Waals surface area (Å²) in [7, 11) is 0. The van der Waals surface area contributed by atoms with E-state index in [0.717, 1.165) is 38.0 Å². The van der Waals surface area contributed by atoms with Crippen LogP contribution in [0.25, 0.3) is 0 Å². The Morgan fingerprint density at radius 3 is 2.82 bits per heavy atom. The van der Waals surface area contributed by atoms with E-state index in [1.165, 1.54) is 0 Å². The summed E-state index contributed by atoms with van der Waals surface area (Å²) in [6.45, 7) is 10.9. The first-order chi connectivity index (χ1) is 8.01. The van der Waals surface area contributed by atoms with Gasteiger partial charge in [0.05, 0.1) is 6.61 Å². The van der Waals surface area contributed by atoms with E-state index in [2.05, 4.69) is 27.4 Å². The van der Waals surface area contributed by atoms with E-state index in [1.54, 1.807) is 6.08 Å². The summed E-state index contributed by atoms with van der Waals surface area (Å²) in [5, 5.41) is 0. The van der Waals surface area contributed by atoms with Gasteiger partial charge in [0.25, 0.3) is 0 Å². The van der Waals surface area contributed by atoms with Crippen LogP contribution in [0.15, 0.2) is 24.5 Å². The highest BCUT2D eigenvalue weighted by Crippen LogP contribution is 2.40. The van der Waals surface area contributed by atoms with Crippen molar-refractivity contribution in [3.63, 3.8) is 0 Å². The van der Waals surface area contributed by atoms with E-state index in [0.29, 0.717) is 0 Å². The zero-order valence-electron chi connectivity index (χ0n) is 11.3. The number of allylic oxidation sites excluding steroid dienone is 3. The van der Waals surface area contributed by atoms with Crippen molar-refractivity contribution in [3.8, 4) is 0 Å². The monoisotopic (exact) mass is 236 g/mol. The quantitative estimate of drug-likeness (QED) is 0.517. The molecule has 0 aromatic carbocycles. The summed E-state index contributed by atoms with van der Waals surface area (Å²) < 4.78 is 5.67. The minimum absolute atomic E-state index is 0.0262. The van der Waals surface area contributed by atoms with Gasteiger partial charge in [0.15, 0.2) is 5.78 Å². The van der Waals surface area contributed by atoms with Crippen LogP contribution >= 0.6 is 0 Å². The molecule has 0 bridgehead atoms. The Labute approximate surface area is 105 Å². The van der Waals surface area contributed by atoms with Gasteiger partial charge in [0.1, 0.15) is 5.76 Å². The second kappa shape index (κ2) is 6.04. The second-order valence-corrected chi connectivity index (χ2v) is 5.46. The fourth-order valence-corrected chi connectivity index (χ4v) is 2.31. The fourth-order valence-electron chi connectivity index (χ4n) is 2.31. The van der Waals surface area contributed by atoms with Crippen molar-refractivity contribution in [2.24, 2.45) is 11.3 Å². The third kappa shape index (κ3) is 3.72. The van der Waals surface area contributed by atoms with Gasteiger partial charge in [-0.25, -0.2) is 0 Å². The Balaban J connectivity index is 2.69. The molecule has 2 heteroatoms. The summed E-state index contributed by atoms with van der Waals surface area (Å²) in [5.41, 5.74) is -0.0262. The van der Waals surface area contributed by atoms with Crippen molar-refractivity contribution in [1.29, 1.82) is 0 Å². The number of carbonyl (C=O) groups is 1. The molecule has 0 saturated carbocycles. The number of rotatable bonds is 6. The molecule has 1 aliphatic carbocycles. The summed E-state index contributed by atoms with van der Waals surface area (Å²) in [4.78, 5) is 12.0. The highest BCUT2D eigenvalue weighted by molar-refractivity contribution is 5.93.